The van der Waals surface area contributed by atoms with E-state index in [1.807, 2.05) is 18.2 Å². The van der Waals surface area contributed by atoms with Gasteiger partial charge in [-0.2, -0.15) is 0 Å². The topological polar surface area (TPSA) is 40.5 Å². The molecule has 0 aliphatic heterocycles. The third kappa shape index (κ3) is 4.45. The van der Waals surface area contributed by atoms with Crippen molar-refractivity contribution in [2.24, 2.45) is 0 Å². The molecule has 0 saturated carbocycles. The van der Waals surface area contributed by atoms with Crippen molar-refractivity contribution in [1.29, 1.82) is 0 Å². The van der Waals surface area contributed by atoms with E-state index in [-0.39, 0.29) is 0 Å². The number of hydrogen-bond acceptors (Lipinski definition) is 2. The Hall–Kier alpha value is -1.74. The summed E-state index contributed by atoms with van der Waals surface area (Å²) in [5.74, 6) is -0.975. The molecule has 3 nitrogen and oxygen atoms in total. The molecule has 0 radical (unpaired) electrons. The van der Waals surface area contributed by atoms with Gasteiger partial charge >= 0.3 is 5.97 Å². The second kappa shape index (κ2) is 7.64. The zero-order valence-electron chi connectivity index (χ0n) is 11.0. The molecular weight excluding hydrogens is 262 g/mol. The molecule has 0 atom stereocenters. The van der Waals surface area contributed by atoms with E-state index in [1.165, 1.54) is 0 Å². The van der Waals surface area contributed by atoms with Crippen LogP contribution in [-0.4, -0.2) is 24.2 Å². The van der Waals surface area contributed by atoms with Gasteiger partial charge in [0.05, 0.1) is 10.7 Å². The van der Waals surface area contributed by atoms with Crippen molar-refractivity contribution in [2.45, 2.75) is 13.3 Å². The molecule has 0 heterocycles. The molecule has 0 fully saturated rings. The molecule has 4 heteroatoms. The maximum atomic E-state index is 10.6. The highest BCUT2D eigenvalue weighted by Crippen LogP contribution is 2.31. The molecule has 102 valence electrons. The lowest BCUT2D eigenvalue weighted by Gasteiger charge is -2.25. The summed E-state index contributed by atoms with van der Waals surface area (Å²) in [4.78, 5) is 12.7. The third-order valence-electron chi connectivity index (χ3n) is 2.58. The molecule has 0 bridgehead atoms. The van der Waals surface area contributed by atoms with Crippen LogP contribution in [0.1, 0.15) is 18.9 Å². The summed E-state index contributed by atoms with van der Waals surface area (Å²) in [6.07, 6.45) is 5.47. The summed E-state index contributed by atoms with van der Waals surface area (Å²) in [5, 5.41) is 9.34. The fourth-order valence-corrected chi connectivity index (χ4v) is 2.18. The standard InChI is InChI=1S/C15H18ClNO2/c1-3-10-17(11-4-2)15-12(8-9-14(18)19)6-5-7-13(15)16/h3,5-9H,1,4,10-11H2,2H3,(H,18,19)/b9-8+. The molecule has 1 N–H and O–H groups in total. The first-order valence-electron chi connectivity index (χ1n) is 6.15. The van der Waals surface area contributed by atoms with Crippen LogP contribution in [0.2, 0.25) is 5.02 Å². The lowest BCUT2D eigenvalue weighted by atomic mass is 10.1. The van der Waals surface area contributed by atoms with Crippen molar-refractivity contribution in [3.05, 3.63) is 47.5 Å². The fourth-order valence-electron chi connectivity index (χ4n) is 1.88. The number of rotatable bonds is 7. The van der Waals surface area contributed by atoms with Gasteiger partial charge in [-0.3, -0.25) is 0 Å². The Morgan fingerprint density at radius 1 is 1.53 bits per heavy atom. The number of para-hydroxylation sites is 1. The molecular formula is C15H18ClNO2. The molecule has 0 saturated heterocycles. The lowest BCUT2D eigenvalue weighted by molar-refractivity contribution is -0.131. The number of anilines is 1. The maximum Gasteiger partial charge on any atom is 0.328 e. The normalized spacial score (nSPS) is 10.6. The number of halogens is 1. The highest BCUT2D eigenvalue weighted by molar-refractivity contribution is 6.33. The minimum absolute atomic E-state index is 0.614. The Bertz CT molecular complexity index is 483. The van der Waals surface area contributed by atoms with Crippen LogP contribution in [0.25, 0.3) is 6.08 Å². The molecule has 1 aromatic rings. The van der Waals surface area contributed by atoms with Crippen molar-refractivity contribution >= 4 is 29.3 Å². The Morgan fingerprint density at radius 2 is 2.26 bits per heavy atom. The molecule has 0 amide bonds. The van der Waals surface area contributed by atoms with Gasteiger partial charge in [0.2, 0.25) is 0 Å². The predicted molar refractivity (Wildman–Crippen MR) is 80.8 cm³/mol. The molecule has 0 spiro atoms. The average Bonchev–Trinajstić information content (AvgIpc) is 2.36. The molecule has 0 aromatic heterocycles. The van der Waals surface area contributed by atoms with E-state index in [0.717, 1.165) is 30.3 Å². The van der Waals surface area contributed by atoms with Crippen molar-refractivity contribution in [3.63, 3.8) is 0 Å². The number of carbonyl (C=O) groups is 1. The zero-order chi connectivity index (χ0) is 14.3. The van der Waals surface area contributed by atoms with Gasteiger partial charge in [-0.25, -0.2) is 4.79 Å². The van der Waals surface area contributed by atoms with Gasteiger partial charge in [0.15, 0.2) is 0 Å². The Balaban J connectivity index is 3.21. The lowest BCUT2D eigenvalue weighted by Crippen LogP contribution is -2.25. The van der Waals surface area contributed by atoms with E-state index in [2.05, 4.69) is 18.4 Å². The highest BCUT2D eigenvalue weighted by atomic mass is 35.5. The van der Waals surface area contributed by atoms with Gasteiger partial charge in [0, 0.05) is 19.2 Å². The maximum absolute atomic E-state index is 10.6. The van der Waals surface area contributed by atoms with Crippen LogP contribution < -0.4 is 4.90 Å². The monoisotopic (exact) mass is 279 g/mol. The number of carboxylic acid groups (broad SMARTS) is 1. The smallest absolute Gasteiger partial charge is 0.328 e. The zero-order valence-corrected chi connectivity index (χ0v) is 11.7. The first-order valence-corrected chi connectivity index (χ1v) is 6.53. The van der Waals surface area contributed by atoms with Crippen molar-refractivity contribution in [1.82, 2.24) is 0 Å². The Morgan fingerprint density at radius 3 is 2.84 bits per heavy atom. The minimum Gasteiger partial charge on any atom is -0.478 e. The van der Waals surface area contributed by atoms with E-state index in [4.69, 9.17) is 16.7 Å². The van der Waals surface area contributed by atoms with Crippen LogP contribution in [0, 0.1) is 0 Å². The molecule has 19 heavy (non-hydrogen) atoms. The van der Waals surface area contributed by atoms with Crippen molar-refractivity contribution in [3.8, 4) is 0 Å². The predicted octanol–water partition coefficient (Wildman–Crippen LogP) is 3.84. The summed E-state index contributed by atoms with van der Waals surface area (Å²) in [7, 11) is 0. The number of aliphatic carboxylic acids is 1. The molecule has 1 aromatic carbocycles. The molecule has 0 unspecified atom stereocenters. The summed E-state index contributed by atoms with van der Waals surface area (Å²) in [5.41, 5.74) is 1.65. The van der Waals surface area contributed by atoms with Crippen molar-refractivity contribution < 1.29 is 9.90 Å². The van der Waals surface area contributed by atoms with Gasteiger partial charge < -0.3 is 10.0 Å². The third-order valence-corrected chi connectivity index (χ3v) is 2.89. The van der Waals surface area contributed by atoms with Crippen LogP contribution >= 0.6 is 11.6 Å². The van der Waals surface area contributed by atoms with Gasteiger partial charge in [-0.05, 0) is 24.1 Å². The van der Waals surface area contributed by atoms with E-state index in [0.29, 0.717) is 11.6 Å². The van der Waals surface area contributed by atoms with Gasteiger partial charge in [0.1, 0.15) is 0 Å². The largest absolute Gasteiger partial charge is 0.478 e. The van der Waals surface area contributed by atoms with E-state index in [1.54, 1.807) is 12.1 Å². The van der Waals surface area contributed by atoms with Crippen molar-refractivity contribution in [2.75, 3.05) is 18.0 Å². The Kier molecular flexibility index (Phi) is 6.16. The SMILES string of the molecule is C=CCN(CCC)c1c(Cl)cccc1/C=C/C(=O)O. The summed E-state index contributed by atoms with van der Waals surface area (Å²) >= 11 is 6.25. The van der Waals surface area contributed by atoms with Gasteiger partial charge in [-0.15, -0.1) is 6.58 Å². The molecule has 0 aliphatic rings. The van der Waals surface area contributed by atoms with Crippen LogP contribution in [0.15, 0.2) is 36.9 Å². The number of hydrogen-bond donors (Lipinski definition) is 1. The minimum atomic E-state index is -0.975. The van der Waals surface area contributed by atoms with E-state index in [9.17, 15) is 4.79 Å². The Labute approximate surface area is 118 Å². The summed E-state index contributed by atoms with van der Waals surface area (Å²) in [6, 6.07) is 5.47. The number of carboxylic acids is 1. The van der Waals surface area contributed by atoms with Crippen LogP contribution in [0.5, 0.6) is 0 Å². The second-order valence-corrected chi connectivity index (χ2v) is 4.49. The second-order valence-electron chi connectivity index (χ2n) is 4.08. The van der Waals surface area contributed by atoms with E-state index >= 15 is 0 Å². The highest BCUT2D eigenvalue weighted by Gasteiger charge is 2.12. The van der Waals surface area contributed by atoms with Crippen LogP contribution in [0.4, 0.5) is 5.69 Å². The fraction of sp³-hybridized carbons (Fsp3) is 0.267. The first kappa shape index (κ1) is 15.3. The quantitative estimate of drug-likeness (QED) is 0.609. The average molecular weight is 280 g/mol. The number of benzene rings is 1. The number of nitrogens with zero attached hydrogens (tertiary/aromatic N) is 1. The van der Waals surface area contributed by atoms with Crippen LogP contribution in [0.3, 0.4) is 0 Å². The van der Waals surface area contributed by atoms with E-state index < -0.39 is 5.97 Å². The summed E-state index contributed by atoms with van der Waals surface area (Å²) < 4.78 is 0. The first-order chi connectivity index (χ1) is 9.10. The van der Waals surface area contributed by atoms with Gasteiger partial charge in [0.25, 0.3) is 0 Å². The molecule has 0 aliphatic carbocycles. The molecule has 1 rings (SSSR count). The summed E-state index contributed by atoms with van der Waals surface area (Å²) in [6.45, 7) is 7.34. The van der Waals surface area contributed by atoms with Gasteiger partial charge in [-0.1, -0.05) is 36.7 Å². The van der Waals surface area contributed by atoms with Crippen LogP contribution in [-0.2, 0) is 4.79 Å².